The molecule has 0 atom stereocenters. The fourth-order valence-electron chi connectivity index (χ4n) is 0.308. The van der Waals surface area contributed by atoms with Crippen molar-refractivity contribution >= 4 is 19.6 Å². The maximum atomic E-state index is 10.1. The predicted molar refractivity (Wildman–Crippen MR) is 46.3 cm³/mol. The quantitative estimate of drug-likeness (QED) is 0.297. The number of carbonyl (C=O) groups is 2. The van der Waals surface area contributed by atoms with Gasteiger partial charge in [-0.1, -0.05) is 0 Å². The van der Waals surface area contributed by atoms with Crippen molar-refractivity contribution in [3.8, 4) is 0 Å². The zero-order valence-corrected chi connectivity index (χ0v) is 7.98. The Morgan fingerprint density at radius 3 is 1.86 bits per heavy atom. The Hall–Kier alpha value is -1.15. The van der Waals surface area contributed by atoms with E-state index < -0.39 is 32.4 Å². The standard InChI is InChI=1S/C3H8NO5P.CH4N2O/c5-3(6)1-4-2-10(7,8)9;2-1(3)4/h4H,1-2H2,(H,5,6)(H2,7,8,9);(H4,2,3,4). The Bertz CT molecular complexity index is 233. The van der Waals surface area contributed by atoms with E-state index in [4.69, 9.17) is 19.7 Å². The predicted octanol–water partition coefficient (Wildman–Crippen LogP) is -2.18. The highest BCUT2D eigenvalue weighted by Gasteiger charge is 2.11. The highest BCUT2D eigenvalue weighted by Crippen LogP contribution is 2.31. The number of nitrogens with one attached hydrogen (secondary N) is 1. The summed E-state index contributed by atoms with van der Waals surface area (Å²) in [4.78, 5) is 35.1. The van der Waals surface area contributed by atoms with Crippen molar-refractivity contribution in [1.82, 2.24) is 5.32 Å². The van der Waals surface area contributed by atoms with Gasteiger partial charge in [0.2, 0.25) is 0 Å². The molecule has 8 N–H and O–H groups in total. The lowest BCUT2D eigenvalue weighted by molar-refractivity contribution is -0.135. The maximum Gasteiger partial charge on any atom is 0.339 e. The van der Waals surface area contributed by atoms with Crippen LogP contribution in [0.2, 0.25) is 0 Å². The summed E-state index contributed by atoms with van der Waals surface area (Å²) in [6.45, 7) is -0.439. The Kier molecular flexibility index (Phi) is 7.96. The van der Waals surface area contributed by atoms with Crippen molar-refractivity contribution in [3.05, 3.63) is 0 Å². The number of carbonyl (C=O) groups excluding carboxylic acids is 1. The molecule has 14 heavy (non-hydrogen) atoms. The van der Waals surface area contributed by atoms with E-state index in [2.05, 4.69) is 16.8 Å². The Labute approximate surface area is 79.2 Å². The van der Waals surface area contributed by atoms with Gasteiger partial charge in [0.05, 0.1) is 12.8 Å². The van der Waals surface area contributed by atoms with E-state index in [1.807, 2.05) is 0 Å². The van der Waals surface area contributed by atoms with Gasteiger partial charge in [0.1, 0.15) is 0 Å². The molecule has 0 saturated heterocycles. The largest absolute Gasteiger partial charge is 0.480 e. The molecule has 84 valence electrons. The summed E-state index contributed by atoms with van der Waals surface area (Å²) >= 11 is 0. The van der Waals surface area contributed by atoms with E-state index in [1.165, 1.54) is 0 Å². The van der Waals surface area contributed by atoms with Crippen LogP contribution in [0.15, 0.2) is 0 Å². The second-order valence-electron chi connectivity index (χ2n) is 2.05. The third-order valence-corrected chi connectivity index (χ3v) is 1.23. The highest BCUT2D eigenvalue weighted by molar-refractivity contribution is 7.51. The van der Waals surface area contributed by atoms with Gasteiger partial charge in [0.25, 0.3) is 0 Å². The molecule has 0 saturated carbocycles. The van der Waals surface area contributed by atoms with Crippen LogP contribution in [0, 0.1) is 0 Å². The molecule has 0 aliphatic rings. The van der Waals surface area contributed by atoms with Crippen LogP contribution in [0.3, 0.4) is 0 Å². The maximum absolute atomic E-state index is 10.1. The summed E-state index contributed by atoms with van der Waals surface area (Å²) in [6, 6.07) is -0.833. The van der Waals surface area contributed by atoms with Gasteiger partial charge in [-0.25, -0.2) is 4.79 Å². The monoisotopic (exact) mass is 229 g/mol. The molecule has 0 unspecified atom stereocenters. The summed E-state index contributed by atoms with van der Waals surface area (Å²) in [7, 11) is -4.10. The van der Waals surface area contributed by atoms with Crippen molar-refractivity contribution in [2.45, 2.75) is 0 Å². The van der Waals surface area contributed by atoms with Gasteiger partial charge in [0.15, 0.2) is 0 Å². The molecule has 0 bridgehead atoms. The van der Waals surface area contributed by atoms with Gasteiger partial charge in [0, 0.05) is 0 Å². The summed E-state index contributed by atoms with van der Waals surface area (Å²) in [5.41, 5.74) is 8.50. The molecule has 9 nitrogen and oxygen atoms in total. The molecule has 0 fully saturated rings. The molecule has 0 radical (unpaired) electrons. The molecule has 0 aliphatic heterocycles. The van der Waals surface area contributed by atoms with Crippen LogP contribution < -0.4 is 16.8 Å². The average molecular weight is 229 g/mol. The van der Waals surface area contributed by atoms with E-state index in [-0.39, 0.29) is 0 Å². The first-order valence-electron chi connectivity index (χ1n) is 3.17. The number of carboxylic acid groups (broad SMARTS) is 1. The number of hydrogen-bond acceptors (Lipinski definition) is 4. The number of urea groups is 1. The summed E-state index contributed by atoms with van der Waals surface area (Å²) in [5, 5.41) is 10.1. The van der Waals surface area contributed by atoms with Gasteiger partial charge >= 0.3 is 19.6 Å². The highest BCUT2D eigenvalue weighted by atomic mass is 31.2. The lowest BCUT2D eigenvalue weighted by Gasteiger charge is -2.02. The number of hydrogen-bond donors (Lipinski definition) is 6. The van der Waals surface area contributed by atoms with Crippen LogP contribution in [-0.4, -0.2) is 39.7 Å². The van der Waals surface area contributed by atoms with Crippen molar-refractivity contribution in [3.63, 3.8) is 0 Å². The topological polar surface area (TPSA) is 176 Å². The molecule has 2 amide bonds. The first-order valence-corrected chi connectivity index (χ1v) is 4.97. The van der Waals surface area contributed by atoms with Crippen molar-refractivity contribution in [2.24, 2.45) is 11.5 Å². The van der Waals surface area contributed by atoms with E-state index >= 15 is 0 Å². The Morgan fingerprint density at radius 1 is 1.29 bits per heavy atom. The normalized spacial score (nSPS) is 9.86. The zero-order valence-electron chi connectivity index (χ0n) is 7.08. The van der Waals surface area contributed by atoms with E-state index in [9.17, 15) is 9.36 Å². The lowest BCUT2D eigenvalue weighted by atomic mass is 10.7. The molecule has 0 aromatic rings. The van der Waals surface area contributed by atoms with Crippen LogP contribution in [0.25, 0.3) is 0 Å². The van der Waals surface area contributed by atoms with Crippen molar-refractivity contribution in [2.75, 3.05) is 12.8 Å². The molecule has 0 aliphatic carbocycles. The minimum absolute atomic E-state index is 0.439. The van der Waals surface area contributed by atoms with E-state index in [1.54, 1.807) is 0 Å². The van der Waals surface area contributed by atoms with Gasteiger partial charge in [-0.3, -0.25) is 14.7 Å². The Balaban J connectivity index is 0. The molecular formula is C4H12N3O6P. The zero-order chi connectivity index (χ0) is 11.8. The molecule has 0 aromatic heterocycles. The molecule has 0 rings (SSSR count). The Morgan fingerprint density at radius 2 is 1.64 bits per heavy atom. The molecule has 0 heterocycles. The van der Waals surface area contributed by atoms with Gasteiger partial charge in [-0.05, 0) is 0 Å². The summed E-state index contributed by atoms with van der Waals surface area (Å²) in [5.74, 6) is -1.14. The van der Waals surface area contributed by atoms with Crippen molar-refractivity contribution in [1.29, 1.82) is 0 Å². The first kappa shape index (κ1) is 15.3. The van der Waals surface area contributed by atoms with E-state index in [0.717, 1.165) is 0 Å². The lowest BCUT2D eigenvalue weighted by Crippen LogP contribution is -2.23. The minimum Gasteiger partial charge on any atom is -0.480 e. The van der Waals surface area contributed by atoms with E-state index in [0.29, 0.717) is 0 Å². The van der Waals surface area contributed by atoms with Gasteiger partial charge in [-0.15, -0.1) is 0 Å². The SMILES string of the molecule is NC(N)=O.O=C(O)CNCP(=O)(O)O. The van der Waals surface area contributed by atoms with Crippen LogP contribution in [0.5, 0.6) is 0 Å². The molecule has 0 aromatic carbocycles. The second-order valence-corrected chi connectivity index (χ2v) is 3.69. The second kappa shape index (κ2) is 7.27. The van der Waals surface area contributed by atoms with Crippen LogP contribution >= 0.6 is 7.60 Å². The number of carboxylic acids is 1. The minimum atomic E-state index is -4.10. The fraction of sp³-hybridized carbons (Fsp3) is 0.500. The van der Waals surface area contributed by atoms with Crippen molar-refractivity contribution < 1.29 is 29.0 Å². The third kappa shape index (κ3) is 30.8. The number of primary amides is 2. The van der Waals surface area contributed by atoms with Crippen LogP contribution in [-0.2, 0) is 9.36 Å². The third-order valence-electron chi connectivity index (χ3n) is 0.594. The number of nitrogens with two attached hydrogens (primary N) is 2. The van der Waals surface area contributed by atoms with Gasteiger partial charge < -0.3 is 26.4 Å². The number of amides is 2. The summed E-state index contributed by atoms with van der Waals surface area (Å²) in [6.07, 6.45) is -0.598. The summed E-state index contributed by atoms with van der Waals surface area (Å²) < 4.78 is 10.1. The molecular weight excluding hydrogens is 217 g/mol. The fourth-order valence-corrected chi connectivity index (χ4v) is 0.712. The van der Waals surface area contributed by atoms with Crippen LogP contribution in [0.4, 0.5) is 4.79 Å². The number of rotatable bonds is 4. The smallest absolute Gasteiger partial charge is 0.339 e. The van der Waals surface area contributed by atoms with Gasteiger partial charge in [-0.2, -0.15) is 0 Å². The molecule has 0 spiro atoms. The number of aliphatic carboxylic acids is 1. The van der Waals surface area contributed by atoms with Crippen LogP contribution in [0.1, 0.15) is 0 Å². The molecule has 10 heteroatoms. The average Bonchev–Trinajstić information content (AvgIpc) is 1.80. The first-order chi connectivity index (χ1) is 6.15.